The third-order valence-electron chi connectivity index (χ3n) is 3.05. The van der Waals surface area contributed by atoms with Crippen molar-refractivity contribution in [1.29, 1.82) is 0 Å². The average Bonchev–Trinajstić information content (AvgIpc) is 2.52. The van der Waals surface area contributed by atoms with E-state index in [0.717, 1.165) is 5.56 Å². The molecular weight excluding hydrogens is 287 g/mol. The molecule has 1 unspecified atom stereocenters. The molecule has 0 fully saturated rings. The molecule has 0 saturated carbocycles. The summed E-state index contributed by atoms with van der Waals surface area (Å²) in [5, 5.41) is 14.5. The fourth-order valence-electron chi connectivity index (χ4n) is 2.00. The number of hydrogen-bond donors (Lipinski definition) is 3. The van der Waals surface area contributed by atoms with Crippen molar-refractivity contribution in [2.75, 3.05) is 19.0 Å². The summed E-state index contributed by atoms with van der Waals surface area (Å²) in [5.74, 6) is -0.214. The Morgan fingerprint density at radius 2 is 2.00 bits per heavy atom. The Kier molecular flexibility index (Phi) is 5.32. The second-order valence-electron chi connectivity index (χ2n) is 4.62. The van der Waals surface area contributed by atoms with E-state index >= 15 is 0 Å². The minimum Gasteiger partial charge on any atom is -0.497 e. The summed E-state index contributed by atoms with van der Waals surface area (Å²) < 4.78 is 18.3. The normalized spacial score (nSPS) is 11.6. The number of carbonyl (C=O) groups excluding carboxylic acids is 1. The number of anilines is 1. The van der Waals surface area contributed by atoms with Gasteiger partial charge in [-0.3, -0.25) is 0 Å². The van der Waals surface area contributed by atoms with Crippen molar-refractivity contribution in [2.24, 2.45) is 0 Å². The van der Waals surface area contributed by atoms with Gasteiger partial charge in [0.05, 0.1) is 19.8 Å². The topological polar surface area (TPSA) is 70.6 Å². The van der Waals surface area contributed by atoms with Gasteiger partial charge in [0.1, 0.15) is 11.6 Å². The Balaban J connectivity index is 2.04. The average molecular weight is 304 g/mol. The van der Waals surface area contributed by atoms with Crippen molar-refractivity contribution in [3.8, 4) is 5.75 Å². The molecule has 2 aromatic rings. The predicted octanol–water partition coefficient (Wildman–Crippen LogP) is 2.69. The Morgan fingerprint density at radius 3 is 2.64 bits per heavy atom. The van der Waals surface area contributed by atoms with Gasteiger partial charge in [0.2, 0.25) is 0 Å². The largest absolute Gasteiger partial charge is 0.497 e. The fraction of sp³-hybridized carbons (Fsp3) is 0.188. The van der Waals surface area contributed by atoms with Gasteiger partial charge in [0, 0.05) is 17.8 Å². The van der Waals surface area contributed by atoms with E-state index in [9.17, 15) is 14.3 Å². The van der Waals surface area contributed by atoms with Gasteiger partial charge in [-0.25, -0.2) is 9.18 Å². The van der Waals surface area contributed by atoms with Gasteiger partial charge in [-0.2, -0.15) is 0 Å². The third-order valence-corrected chi connectivity index (χ3v) is 3.05. The number of nitrogens with one attached hydrogen (secondary N) is 2. The predicted molar refractivity (Wildman–Crippen MR) is 81.4 cm³/mol. The lowest BCUT2D eigenvalue weighted by molar-refractivity contribution is 0.225. The highest BCUT2D eigenvalue weighted by atomic mass is 19.1. The first-order valence-corrected chi connectivity index (χ1v) is 6.70. The lowest BCUT2D eigenvalue weighted by atomic mass is 10.1. The molecule has 5 nitrogen and oxygen atoms in total. The van der Waals surface area contributed by atoms with E-state index in [2.05, 4.69) is 10.6 Å². The van der Waals surface area contributed by atoms with Crippen molar-refractivity contribution in [1.82, 2.24) is 5.32 Å². The van der Waals surface area contributed by atoms with Gasteiger partial charge in [0.25, 0.3) is 0 Å². The number of ether oxygens (including phenoxy) is 1. The van der Waals surface area contributed by atoms with Crippen molar-refractivity contribution in [3.05, 3.63) is 59.9 Å². The minimum atomic E-state index is -0.546. The molecule has 0 saturated heterocycles. The Morgan fingerprint density at radius 1 is 1.27 bits per heavy atom. The Bertz CT molecular complexity index is 635. The van der Waals surface area contributed by atoms with E-state index in [1.165, 1.54) is 25.3 Å². The molecule has 22 heavy (non-hydrogen) atoms. The zero-order valence-electron chi connectivity index (χ0n) is 12.0. The summed E-state index contributed by atoms with van der Waals surface area (Å²) in [5.41, 5.74) is 1.04. The zero-order valence-corrected chi connectivity index (χ0v) is 12.0. The quantitative estimate of drug-likeness (QED) is 0.795. The van der Waals surface area contributed by atoms with Crippen LogP contribution in [0.5, 0.6) is 5.75 Å². The van der Waals surface area contributed by atoms with E-state index in [0.29, 0.717) is 5.75 Å². The number of carbonyl (C=O) groups is 1. The van der Waals surface area contributed by atoms with Gasteiger partial charge in [0.15, 0.2) is 0 Å². The number of halogens is 1. The molecule has 0 spiro atoms. The summed E-state index contributed by atoms with van der Waals surface area (Å²) in [6, 6.07) is 11.9. The molecule has 3 N–H and O–H groups in total. The first kappa shape index (κ1) is 15.8. The fourth-order valence-corrected chi connectivity index (χ4v) is 2.00. The van der Waals surface area contributed by atoms with Crippen LogP contribution in [-0.2, 0) is 0 Å². The second kappa shape index (κ2) is 7.42. The highest BCUT2D eigenvalue weighted by molar-refractivity contribution is 5.89. The van der Waals surface area contributed by atoms with Crippen molar-refractivity contribution >= 4 is 11.7 Å². The monoisotopic (exact) mass is 304 g/mol. The maximum absolute atomic E-state index is 13.4. The molecule has 2 rings (SSSR count). The minimum absolute atomic E-state index is 0.246. The summed E-state index contributed by atoms with van der Waals surface area (Å²) in [6.07, 6.45) is 0. The first-order valence-electron chi connectivity index (χ1n) is 6.70. The molecule has 0 aliphatic rings. The molecule has 2 aromatic carbocycles. The molecule has 0 aliphatic heterocycles. The van der Waals surface area contributed by atoms with Crippen LogP contribution in [0.1, 0.15) is 11.6 Å². The maximum atomic E-state index is 13.4. The second-order valence-corrected chi connectivity index (χ2v) is 4.62. The number of hydrogen-bond acceptors (Lipinski definition) is 3. The third kappa shape index (κ3) is 4.20. The van der Waals surface area contributed by atoms with E-state index in [1.807, 2.05) is 18.2 Å². The number of benzene rings is 2. The molecule has 6 heteroatoms. The van der Waals surface area contributed by atoms with E-state index in [4.69, 9.17) is 4.74 Å². The number of aliphatic hydroxyl groups is 1. The Hall–Kier alpha value is -2.60. The van der Waals surface area contributed by atoms with Crippen LogP contribution in [0.25, 0.3) is 0 Å². The molecule has 116 valence electrons. The van der Waals surface area contributed by atoms with E-state index in [1.54, 1.807) is 12.1 Å². The molecule has 0 radical (unpaired) electrons. The van der Waals surface area contributed by atoms with Gasteiger partial charge in [-0.1, -0.05) is 30.3 Å². The van der Waals surface area contributed by atoms with Crippen LogP contribution in [0.3, 0.4) is 0 Å². The SMILES string of the molecule is COc1cc(F)cc(NC(=O)NC(CO)c2ccccc2)c1. The molecular formula is C16H17FN2O3. The van der Waals surface area contributed by atoms with E-state index in [-0.39, 0.29) is 12.3 Å². The molecule has 1 atom stereocenters. The van der Waals surface area contributed by atoms with Crippen LogP contribution >= 0.6 is 0 Å². The van der Waals surface area contributed by atoms with E-state index < -0.39 is 17.9 Å². The maximum Gasteiger partial charge on any atom is 0.319 e. The van der Waals surface area contributed by atoms with Crippen LogP contribution in [0.2, 0.25) is 0 Å². The highest BCUT2D eigenvalue weighted by Gasteiger charge is 2.13. The molecule has 0 heterocycles. The van der Waals surface area contributed by atoms with Crippen molar-refractivity contribution in [2.45, 2.75) is 6.04 Å². The first-order chi connectivity index (χ1) is 10.6. The number of aliphatic hydroxyl groups excluding tert-OH is 1. The smallest absolute Gasteiger partial charge is 0.319 e. The van der Waals surface area contributed by atoms with Gasteiger partial charge >= 0.3 is 6.03 Å². The van der Waals surface area contributed by atoms with Gasteiger partial charge < -0.3 is 20.5 Å². The number of amides is 2. The van der Waals surface area contributed by atoms with Gasteiger partial charge in [-0.15, -0.1) is 0 Å². The van der Waals surface area contributed by atoms with Crippen LogP contribution in [0.15, 0.2) is 48.5 Å². The van der Waals surface area contributed by atoms with Crippen LogP contribution in [0, 0.1) is 5.82 Å². The van der Waals surface area contributed by atoms with Gasteiger partial charge in [-0.05, 0) is 11.6 Å². The molecule has 0 aliphatic carbocycles. The zero-order chi connectivity index (χ0) is 15.9. The molecule has 0 bridgehead atoms. The van der Waals surface area contributed by atoms with Crippen LogP contribution < -0.4 is 15.4 Å². The summed E-state index contributed by atoms with van der Waals surface area (Å²) in [7, 11) is 1.41. The van der Waals surface area contributed by atoms with Crippen molar-refractivity contribution in [3.63, 3.8) is 0 Å². The number of rotatable bonds is 5. The van der Waals surface area contributed by atoms with Crippen molar-refractivity contribution < 1.29 is 19.0 Å². The summed E-state index contributed by atoms with van der Waals surface area (Å²) >= 11 is 0. The molecule has 0 aromatic heterocycles. The number of methoxy groups -OCH3 is 1. The number of urea groups is 1. The van der Waals surface area contributed by atoms with Crippen LogP contribution in [0.4, 0.5) is 14.9 Å². The summed E-state index contributed by atoms with van der Waals surface area (Å²) in [4.78, 5) is 12.0. The highest BCUT2D eigenvalue weighted by Crippen LogP contribution is 2.20. The Labute approximate surface area is 127 Å². The lowest BCUT2D eigenvalue weighted by Crippen LogP contribution is -2.34. The lowest BCUT2D eigenvalue weighted by Gasteiger charge is -2.17. The van der Waals surface area contributed by atoms with Crippen LogP contribution in [-0.4, -0.2) is 24.9 Å². The summed E-state index contributed by atoms with van der Waals surface area (Å²) in [6.45, 7) is -0.246. The standard InChI is InChI=1S/C16H17FN2O3/c1-22-14-8-12(17)7-13(9-14)18-16(21)19-15(10-20)11-5-3-2-4-6-11/h2-9,15,20H,10H2,1H3,(H2,18,19,21). The molecule has 2 amide bonds.